The summed E-state index contributed by atoms with van der Waals surface area (Å²) in [6.45, 7) is 9.84. The minimum atomic E-state index is -1.24. The van der Waals surface area contributed by atoms with Crippen LogP contribution in [0.25, 0.3) is 0 Å². The van der Waals surface area contributed by atoms with Crippen LogP contribution in [0, 0.1) is 0 Å². The summed E-state index contributed by atoms with van der Waals surface area (Å²) in [5, 5.41) is 0. The average Bonchev–Trinajstić information content (AvgIpc) is 2.52. The molecular weight excluding hydrogens is 370 g/mol. The molecule has 9 nitrogen and oxygen atoms in total. The molecule has 0 aromatic heterocycles. The number of hydrogen-bond donors (Lipinski definition) is 0. The summed E-state index contributed by atoms with van der Waals surface area (Å²) < 4.78 is 19.9. The van der Waals surface area contributed by atoms with Gasteiger partial charge >= 0.3 is 24.1 Å². The molecule has 0 saturated carbocycles. The van der Waals surface area contributed by atoms with Crippen LogP contribution in [0.15, 0.2) is 0 Å². The summed E-state index contributed by atoms with van der Waals surface area (Å²) in [4.78, 5) is 49.5. The molecule has 2 amide bonds. The van der Waals surface area contributed by atoms with Gasteiger partial charge in [0.1, 0.15) is 17.2 Å². The van der Waals surface area contributed by atoms with Gasteiger partial charge in [-0.25, -0.2) is 14.4 Å². The van der Waals surface area contributed by atoms with Gasteiger partial charge in [-0.1, -0.05) is 6.42 Å². The number of amides is 2. The number of carbonyl (C=O) groups is 4. The number of nitrogens with zero attached hydrogens (tertiary/aromatic N) is 1. The van der Waals surface area contributed by atoms with Crippen LogP contribution in [-0.2, 0) is 28.5 Å². The third-order valence-electron chi connectivity index (χ3n) is 3.30. The van der Waals surface area contributed by atoms with E-state index in [4.69, 9.17) is 14.2 Å². The largest absolute Gasteiger partial charge is 0.469 e. The molecule has 0 radical (unpaired) electrons. The molecule has 0 aliphatic heterocycles. The maximum absolute atomic E-state index is 12.7. The highest BCUT2D eigenvalue weighted by molar-refractivity contribution is 5.94. The molecule has 0 bridgehead atoms. The first kappa shape index (κ1) is 25.7. The molecule has 0 N–H and O–H groups in total. The second kappa shape index (κ2) is 10.9. The van der Waals surface area contributed by atoms with Crippen LogP contribution in [0.3, 0.4) is 0 Å². The quantitative estimate of drug-likeness (QED) is 0.361. The molecule has 0 unspecified atom stereocenters. The molecule has 162 valence electrons. The summed E-state index contributed by atoms with van der Waals surface area (Å²) >= 11 is 0. The van der Waals surface area contributed by atoms with Gasteiger partial charge in [-0.15, -0.1) is 0 Å². The maximum Gasteiger partial charge on any atom is 0.420 e. The van der Waals surface area contributed by atoms with E-state index in [9.17, 15) is 19.2 Å². The van der Waals surface area contributed by atoms with Crippen molar-refractivity contribution in [3.63, 3.8) is 0 Å². The molecule has 0 aliphatic carbocycles. The first-order valence-corrected chi connectivity index (χ1v) is 9.11. The predicted molar refractivity (Wildman–Crippen MR) is 101 cm³/mol. The molecule has 28 heavy (non-hydrogen) atoms. The van der Waals surface area contributed by atoms with E-state index < -0.39 is 35.4 Å². The minimum Gasteiger partial charge on any atom is -0.469 e. The Hall–Kier alpha value is -2.32. The molecule has 0 aromatic rings. The van der Waals surface area contributed by atoms with Crippen LogP contribution in [0.2, 0.25) is 0 Å². The fourth-order valence-electron chi connectivity index (χ4n) is 2.15. The minimum absolute atomic E-state index is 0.0855. The number of imide groups is 1. The van der Waals surface area contributed by atoms with Crippen molar-refractivity contribution in [2.24, 2.45) is 0 Å². The zero-order chi connectivity index (χ0) is 22.1. The Morgan fingerprint density at radius 1 is 0.786 bits per heavy atom. The lowest BCUT2D eigenvalue weighted by Gasteiger charge is -2.32. The van der Waals surface area contributed by atoms with Crippen molar-refractivity contribution >= 4 is 24.1 Å². The van der Waals surface area contributed by atoms with Crippen LogP contribution < -0.4 is 0 Å². The standard InChI is InChI=1S/C19H33NO8/c1-18(2,3)27-16(23)20(17(24)28-19(4,5)6)13(15(22)26-8)11-9-10-12-14(21)25-7/h13H,9-12H2,1-8H3/t13-/m0/s1. The molecule has 0 saturated heterocycles. The van der Waals surface area contributed by atoms with E-state index in [1.165, 1.54) is 7.11 Å². The third kappa shape index (κ3) is 10.1. The van der Waals surface area contributed by atoms with E-state index in [1.807, 2.05) is 0 Å². The van der Waals surface area contributed by atoms with E-state index in [0.29, 0.717) is 17.7 Å². The lowest BCUT2D eigenvalue weighted by atomic mass is 10.1. The highest BCUT2D eigenvalue weighted by Gasteiger charge is 2.40. The molecular formula is C19H33NO8. The van der Waals surface area contributed by atoms with Gasteiger partial charge in [0.25, 0.3) is 0 Å². The monoisotopic (exact) mass is 403 g/mol. The maximum atomic E-state index is 12.7. The Morgan fingerprint density at radius 3 is 1.61 bits per heavy atom. The van der Waals surface area contributed by atoms with E-state index in [2.05, 4.69) is 4.74 Å². The van der Waals surface area contributed by atoms with Crippen molar-refractivity contribution < 1.29 is 38.1 Å². The van der Waals surface area contributed by atoms with Crippen molar-refractivity contribution in [3.8, 4) is 0 Å². The van der Waals surface area contributed by atoms with Gasteiger partial charge < -0.3 is 18.9 Å². The molecule has 9 heteroatoms. The summed E-state index contributed by atoms with van der Waals surface area (Å²) in [7, 11) is 2.44. The fraction of sp³-hybridized carbons (Fsp3) is 0.789. The average molecular weight is 403 g/mol. The molecule has 0 heterocycles. The first-order chi connectivity index (χ1) is 12.7. The lowest BCUT2D eigenvalue weighted by molar-refractivity contribution is -0.147. The van der Waals surface area contributed by atoms with Gasteiger partial charge in [0, 0.05) is 6.42 Å². The Balaban J connectivity index is 5.56. The van der Waals surface area contributed by atoms with Crippen molar-refractivity contribution in [1.82, 2.24) is 4.90 Å². The van der Waals surface area contributed by atoms with Gasteiger partial charge in [-0.05, 0) is 54.4 Å². The molecule has 0 rings (SSSR count). The van der Waals surface area contributed by atoms with Crippen molar-refractivity contribution in [2.45, 2.75) is 84.5 Å². The second-order valence-corrected chi connectivity index (χ2v) is 8.19. The van der Waals surface area contributed by atoms with Crippen LogP contribution in [0.1, 0.15) is 67.2 Å². The summed E-state index contributed by atoms with van der Waals surface area (Å²) in [6.07, 6.45) is -0.991. The number of carbonyl (C=O) groups excluding carboxylic acids is 4. The molecule has 0 aromatic carbocycles. The number of ether oxygens (including phenoxy) is 4. The summed E-state index contributed by atoms with van der Waals surface area (Å²) in [6, 6.07) is -1.24. The van der Waals surface area contributed by atoms with Crippen molar-refractivity contribution in [1.29, 1.82) is 0 Å². The smallest absolute Gasteiger partial charge is 0.420 e. The van der Waals surface area contributed by atoms with E-state index in [-0.39, 0.29) is 18.8 Å². The summed E-state index contributed by atoms with van der Waals surface area (Å²) in [5.74, 6) is -1.17. The third-order valence-corrected chi connectivity index (χ3v) is 3.30. The predicted octanol–water partition coefficient (Wildman–Crippen LogP) is 3.43. The van der Waals surface area contributed by atoms with Gasteiger partial charge in [0.2, 0.25) is 0 Å². The molecule has 0 fully saturated rings. The Bertz CT molecular complexity index is 531. The number of esters is 2. The van der Waals surface area contributed by atoms with Gasteiger partial charge in [-0.3, -0.25) is 4.79 Å². The summed E-state index contributed by atoms with van der Waals surface area (Å²) in [5.41, 5.74) is -1.77. The lowest BCUT2D eigenvalue weighted by Crippen LogP contribution is -2.52. The Morgan fingerprint density at radius 2 is 1.25 bits per heavy atom. The van der Waals surface area contributed by atoms with Crippen LogP contribution in [-0.4, -0.2) is 60.5 Å². The zero-order valence-electron chi connectivity index (χ0n) is 18.1. The van der Waals surface area contributed by atoms with E-state index in [0.717, 1.165) is 7.11 Å². The van der Waals surface area contributed by atoms with E-state index in [1.54, 1.807) is 41.5 Å². The number of unbranched alkanes of at least 4 members (excludes halogenated alkanes) is 1. The number of methoxy groups -OCH3 is 2. The molecule has 0 spiro atoms. The highest BCUT2D eigenvalue weighted by Crippen LogP contribution is 2.20. The SMILES string of the molecule is COC(=O)CCCC[C@@H](C(=O)OC)N(C(=O)OC(C)(C)C)C(=O)OC(C)(C)C. The van der Waals surface area contributed by atoms with Gasteiger partial charge in [0.05, 0.1) is 14.2 Å². The van der Waals surface area contributed by atoms with Gasteiger partial charge in [-0.2, -0.15) is 4.90 Å². The van der Waals surface area contributed by atoms with Crippen LogP contribution in [0.4, 0.5) is 9.59 Å². The Labute approximate surface area is 166 Å². The topological polar surface area (TPSA) is 108 Å². The highest BCUT2D eigenvalue weighted by atomic mass is 16.6. The second-order valence-electron chi connectivity index (χ2n) is 8.19. The van der Waals surface area contributed by atoms with E-state index >= 15 is 0 Å². The zero-order valence-corrected chi connectivity index (χ0v) is 18.1. The van der Waals surface area contributed by atoms with Gasteiger partial charge in [0.15, 0.2) is 0 Å². The molecule has 0 aliphatic rings. The first-order valence-electron chi connectivity index (χ1n) is 9.11. The van der Waals surface area contributed by atoms with Crippen LogP contribution in [0.5, 0.6) is 0 Å². The van der Waals surface area contributed by atoms with Crippen LogP contribution >= 0.6 is 0 Å². The number of hydrogen-bond acceptors (Lipinski definition) is 8. The Kier molecular flexibility index (Phi) is 9.97. The normalized spacial score (nSPS) is 12.6. The van der Waals surface area contributed by atoms with Crippen molar-refractivity contribution in [2.75, 3.05) is 14.2 Å². The van der Waals surface area contributed by atoms with Crippen molar-refractivity contribution in [3.05, 3.63) is 0 Å². The molecule has 1 atom stereocenters. The number of rotatable bonds is 7. The fourth-order valence-corrected chi connectivity index (χ4v) is 2.15.